The lowest BCUT2D eigenvalue weighted by molar-refractivity contribution is -0.126. The first-order valence-corrected chi connectivity index (χ1v) is 8.96. The zero-order chi connectivity index (χ0) is 18.0. The fraction of sp³-hybridized carbons (Fsp3) is 0.526. The maximum Gasteiger partial charge on any atom is 0.262 e. The van der Waals surface area contributed by atoms with Crippen LogP contribution >= 0.6 is 0 Å². The Hall–Kier alpha value is -2.21. The molecule has 2 aliphatic heterocycles. The summed E-state index contributed by atoms with van der Waals surface area (Å²) in [5.74, 6) is -0.591. The minimum Gasteiger partial charge on any atom is -0.354 e. The van der Waals surface area contributed by atoms with Crippen molar-refractivity contribution in [2.75, 3.05) is 19.6 Å². The Morgan fingerprint density at radius 3 is 2.40 bits per heavy atom. The van der Waals surface area contributed by atoms with Gasteiger partial charge in [0, 0.05) is 6.54 Å². The maximum atomic E-state index is 12.7. The summed E-state index contributed by atoms with van der Waals surface area (Å²) in [6.07, 6.45) is 2.04. The topological polar surface area (TPSA) is 78.5 Å². The van der Waals surface area contributed by atoms with Gasteiger partial charge in [0.2, 0.25) is 5.91 Å². The third-order valence-corrected chi connectivity index (χ3v) is 5.02. The van der Waals surface area contributed by atoms with E-state index in [9.17, 15) is 14.4 Å². The number of amides is 3. The van der Waals surface area contributed by atoms with E-state index in [0.29, 0.717) is 23.6 Å². The molecule has 2 heterocycles. The lowest BCUT2D eigenvalue weighted by atomic mass is 10.0. The molecule has 6 nitrogen and oxygen atoms in total. The summed E-state index contributed by atoms with van der Waals surface area (Å²) in [4.78, 5) is 39.2. The molecule has 134 valence electrons. The van der Waals surface area contributed by atoms with E-state index in [-0.39, 0.29) is 23.6 Å². The predicted octanol–water partition coefficient (Wildman–Crippen LogP) is 1.42. The van der Waals surface area contributed by atoms with Crippen molar-refractivity contribution in [3.05, 3.63) is 35.4 Å². The molecule has 2 atom stereocenters. The summed E-state index contributed by atoms with van der Waals surface area (Å²) >= 11 is 0. The van der Waals surface area contributed by atoms with Gasteiger partial charge in [-0.2, -0.15) is 0 Å². The molecule has 0 radical (unpaired) electrons. The lowest BCUT2D eigenvalue weighted by Crippen LogP contribution is -2.52. The first-order chi connectivity index (χ1) is 12.0. The van der Waals surface area contributed by atoms with Crippen LogP contribution < -0.4 is 10.6 Å². The van der Waals surface area contributed by atoms with Gasteiger partial charge in [0.15, 0.2) is 0 Å². The van der Waals surface area contributed by atoms with Gasteiger partial charge in [-0.25, -0.2) is 0 Å². The highest BCUT2D eigenvalue weighted by molar-refractivity contribution is 6.22. The van der Waals surface area contributed by atoms with Gasteiger partial charge in [-0.1, -0.05) is 26.0 Å². The number of imide groups is 1. The van der Waals surface area contributed by atoms with Crippen LogP contribution in [0.1, 0.15) is 47.4 Å². The smallest absolute Gasteiger partial charge is 0.262 e. The van der Waals surface area contributed by atoms with Crippen LogP contribution in [0.3, 0.4) is 0 Å². The van der Waals surface area contributed by atoms with Crippen LogP contribution in [0, 0.1) is 11.8 Å². The van der Waals surface area contributed by atoms with E-state index in [0.717, 1.165) is 30.8 Å². The molecule has 0 aromatic heterocycles. The molecule has 2 aliphatic rings. The lowest BCUT2D eigenvalue weighted by Gasteiger charge is -2.28. The SMILES string of the molecule is CC(C)C(C(=O)NCCC1CCNC1)N1C(=O)c2ccccc2C1=O. The third-order valence-electron chi connectivity index (χ3n) is 5.02. The van der Waals surface area contributed by atoms with E-state index in [1.165, 1.54) is 0 Å². The average Bonchev–Trinajstić information content (AvgIpc) is 3.18. The van der Waals surface area contributed by atoms with Crippen LogP contribution in [0.2, 0.25) is 0 Å². The highest BCUT2D eigenvalue weighted by atomic mass is 16.2. The zero-order valence-electron chi connectivity index (χ0n) is 14.7. The van der Waals surface area contributed by atoms with Crippen molar-refractivity contribution in [3.63, 3.8) is 0 Å². The van der Waals surface area contributed by atoms with Crippen molar-refractivity contribution < 1.29 is 14.4 Å². The van der Waals surface area contributed by atoms with E-state index in [1.54, 1.807) is 24.3 Å². The average molecular weight is 343 g/mol. The van der Waals surface area contributed by atoms with Crippen LogP contribution in [0.5, 0.6) is 0 Å². The number of benzene rings is 1. The molecule has 1 aromatic carbocycles. The molecule has 2 N–H and O–H groups in total. The van der Waals surface area contributed by atoms with E-state index in [4.69, 9.17) is 0 Å². The quantitative estimate of drug-likeness (QED) is 0.766. The van der Waals surface area contributed by atoms with Crippen molar-refractivity contribution in [3.8, 4) is 0 Å². The van der Waals surface area contributed by atoms with Crippen LogP contribution in [-0.4, -0.2) is 48.3 Å². The van der Waals surface area contributed by atoms with Gasteiger partial charge >= 0.3 is 0 Å². The number of hydrogen-bond acceptors (Lipinski definition) is 4. The Balaban J connectivity index is 1.69. The number of nitrogens with one attached hydrogen (secondary N) is 2. The molecule has 1 saturated heterocycles. The second-order valence-corrected chi connectivity index (χ2v) is 7.15. The van der Waals surface area contributed by atoms with Gasteiger partial charge in [-0.3, -0.25) is 19.3 Å². The molecule has 0 spiro atoms. The Morgan fingerprint density at radius 2 is 1.88 bits per heavy atom. The molecule has 0 bridgehead atoms. The first kappa shape index (κ1) is 17.6. The van der Waals surface area contributed by atoms with Crippen LogP contribution in [-0.2, 0) is 4.79 Å². The molecule has 3 rings (SSSR count). The van der Waals surface area contributed by atoms with E-state index in [2.05, 4.69) is 10.6 Å². The Kier molecular flexibility index (Phi) is 5.18. The summed E-state index contributed by atoms with van der Waals surface area (Å²) < 4.78 is 0. The number of rotatable bonds is 6. The zero-order valence-corrected chi connectivity index (χ0v) is 14.7. The molecule has 0 saturated carbocycles. The van der Waals surface area contributed by atoms with Gasteiger partial charge in [0.05, 0.1) is 11.1 Å². The molecule has 1 aromatic rings. The monoisotopic (exact) mass is 343 g/mol. The molecule has 1 fully saturated rings. The molecule has 6 heteroatoms. The van der Waals surface area contributed by atoms with E-state index in [1.807, 2.05) is 13.8 Å². The van der Waals surface area contributed by atoms with Gasteiger partial charge in [0.25, 0.3) is 11.8 Å². The summed E-state index contributed by atoms with van der Waals surface area (Å²) in [5.41, 5.74) is 0.756. The second kappa shape index (κ2) is 7.35. The van der Waals surface area contributed by atoms with E-state index >= 15 is 0 Å². The fourth-order valence-corrected chi connectivity index (χ4v) is 3.64. The van der Waals surface area contributed by atoms with Crippen LogP contribution in [0.25, 0.3) is 0 Å². The Bertz CT molecular complexity index is 645. The predicted molar refractivity (Wildman–Crippen MR) is 94.2 cm³/mol. The fourth-order valence-electron chi connectivity index (χ4n) is 3.64. The normalized spacial score (nSPS) is 20.9. The number of carbonyl (C=O) groups is 3. The van der Waals surface area contributed by atoms with Crippen LogP contribution in [0.4, 0.5) is 0 Å². The number of nitrogens with zero attached hydrogens (tertiary/aromatic N) is 1. The van der Waals surface area contributed by atoms with Crippen molar-refractivity contribution in [2.45, 2.75) is 32.7 Å². The molecule has 3 amide bonds. The van der Waals surface area contributed by atoms with Crippen molar-refractivity contribution in [1.29, 1.82) is 0 Å². The molecular weight excluding hydrogens is 318 g/mol. The van der Waals surface area contributed by atoms with Gasteiger partial charge in [-0.05, 0) is 49.9 Å². The molecular formula is C19H25N3O3. The largest absolute Gasteiger partial charge is 0.354 e. The van der Waals surface area contributed by atoms with Crippen molar-refractivity contribution >= 4 is 17.7 Å². The van der Waals surface area contributed by atoms with Crippen molar-refractivity contribution in [1.82, 2.24) is 15.5 Å². The Morgan fingerprint density at radius 1 is 1.24 bits per heavy atom. The highest BCUT2D eigenvalue weighted by Gasteiger charge is 2.43. The highest BCUT2D eigenvalue weighted by Crippen LogP contribution is 2.27. The first-order valence-electron chi connectivity index (χ1n) is 8.96. The molecule has 0 aliphatic carbocycles. The minimum atomic E-state index is -0.783. The molecule has 2 unspecified atom stereocenters. The summed E-state index contributed by atoms with van der Waals surface area (Å²) in [6, 6.07) is 5.95. The Labute approximate surface area is 148 Å². The van der Waals surface area contributed by atoms with Crippen LogP contribution in [0.15, 0.2) is 24.3 Å². The van der Waals surface area contributed by atoms with Gasteiger partial charge in [-0.15, -0.1) is 0 Å². The standard InChI is InChI=1S/C19H25N3O3/c1-12(2)16(17(23)21-10-8-13-7-9-20-11-13)22-18(24)14-5-3-4-6-15(14)19(22)25/h3-6,12-13,16,20H,7-11H2,1-2H3,(H,21,23). The number of hydrogen-bond donors (Lipinski definition) is 2. The minimum absolute atomic E-state index is 0.157. The van der Waals surface area contributed by atoms with Gasteiger partial charge < -0.3 is 10.6 Å². The van der Waals surface area contributed by atoms with E-state index < -0.39 is 6.04 Å². The second-order valence-electron chi connectivity index (χ2n) is 7.15. The summed E-state index contributed by atoms with van der Waals surface area (Å²) in [6.45, 7) is 6.30. The summed E-state index contributed by atoms with van der Waals surface area (Å²) in [5, 5.41) is 6.23. The van der Waals surface area contributed by atoms with Crippen molar-refractivity contribution in [2.24, 2.45) is 11.8 Å². The maximum absolute atomic E-state index is 12.7. The number of carbonyl (C=O) groups excluding carboxylic acids is 3. The molecule has 25 heavy (non-hydrogen) atoms. The van der Waals surface area contributed by atoms with Gasteiger partial charge in [0.1, 0.15) is 6.04 Å². The number of fused-ring (bicyclic) bond motifs is 1. The third kappa shape index (κ3) is 3.44. The summed E-state index contributed by atoms with van der Waals surface area (Å²) in [7, 11) is 0.